The van der Waals surface area contributed by atoms with Gasteiger partial charge in [0.1, 0.15) is 5.82 Å². The predicted molar refractivity (Wildman–Crippen MR) is 81.0 cm³/mol. The van der Waals surface area contributed by atoms with Crippen molar-refractivity contribution in [3.8, 4) is 0 Å². The van der Waals surface area contributed by atoms with Crippen molar-refractivity contribution in [2.75, 3.05) is 11.4 Å². The van der Waals surface area contributed by atoms with Gasteiger partial charge < -0.3 is 4.90 Å². The second-order valence-electron chi connectivity index (χ2n) is 5.65. The van der Waals surface area contributed by atoms with Gasteiger partial charge in [0.15, 0.2) is 0 Å². The molecule has 0 spiro atoms. The molecule has 0 amide bonds. The zero-order chi connectivity index (χ0) is 13.0. The zero-order valence-corrected chi connectivity index (χ0v) is 13.0. The molecule has 3 heteroatoms. The van der Waals surface area contributed by atoms with Crippen molar-refractivity contribution in [3.05, 3.63) is 22.8 Å². The van der Waals surface area contributed by atoms with Gasteiger partial charge in [0.25, 0.3) is 0 Å². The average Bonchev–Trinajstić information content (AvgIpc) is 2.85. The van der Waals surface area contributed by atoms with Crippen LogP contribution in [0.1, 0.15) is 46.0 Å². The van der Waals surface area contributed by atoms with Gasteiger partial charge in [-0.2, -0.15) is 0 Å². The maximum Gasteiger partial charge on any atom is 0.128 e. The van der Waals surface area contributed by atoms with Crippen LogP contribution in [0.5, 0.6) is 0 Å². The molecule has 0 aliphatic heterocycles. The molecular weight excluding hydrogens is 288 g/mol. The van der Waals surface area contributed by atoms with E-state index in [0.717, 1.165) is 22.8 Å². The Morgan fingerprint density at radius 2 is 2.06 bits per heavy atom. The Balaban J connectivity index is 2.09. The second kappa shape index (κ2) is 6.55. The first-order valence-corrected chi connectivity index (χ1v) is 7.84. The van der Waals surface area contributed by atoms with Crippen LogP contribution in [0.2, 0.25) is 0 Å². The molecule has 1 aliphatic carbocycles. The molecular formula is C15H23BrN2. The Morgan fingerprint density at radius 3 is 2.61 bits per heavy atom. The third-order valence-corrected chi connectivity index (χ3v) is 4.19. The van der Waals surface area contributed by atoms with E-state index in [9.17, 15) is 0 Å². The lowest BCUT2D eigenvalue weighted by Gasteiger charge is -2.30. The number of nitrogens with zero attached hydrogens (tertiary/aromatic N) is 2. The van der Waals surface area contributed by atoms with Gasteiger partial charge in [0.2, 0.25) is 0 Å². The van der Waals surface area contributed by atoms with Crippen LogP contribution >= 0.6 is 15.9 Å². The van der Waals surface area contributed by atoms with Crippen LogP contribution in [0.3, 0.4) is 0 Å². The lowest BCUT2D eigenvalue weighted by Crippen LogP contribution is -2.35. The van der Waals surface area contributed by atoms with E-state index < -0.39 is 0 Å². The van der Waals surface area contributed by atoms with Gasteiger partial charge in [0.05, 0.1) is 0 Å². The van der Waals surface area contributed by atoms with E-state index in [4.69, 9.17) is 0 Å². The molecule has 2 rings (SSSR count). The minimum atomic E-state index is 0.706. The molecule has 1 saturated carbocycles. The fourth-order valence-corrected chi connectivity index (χ4v) is 2.87. The Morgan fingerprint density at radius 1 is 1.33 bits per heavy atom. The molecule has 1 heterocycles. The maximum atomic E-state index is 4.58. The van der Waals surface area contributed by atoms with Crippen molar-refractivity contribution < 1.29 is 0 Å². The Labute approximate surface area is 119 Å². The monoisotopic (exact) mass is 310 g/mol. The normalized spacial score (nSPS) is 16.4. The van der Waals surface area contributed by atoms with E-state index in [-0.39, 0.29) is 0 Å². The molecule has 0 unspecified atom stereocenters. The summed E-state index contributed by atoms with van der Waals surface area (Å²) < 4.78 is 1.06. The number of hydrogen-bond acceptors (Lipinski definition) is 2. The molecule has 0 aromatic carbocycles. The molecule has 0 saturated heterocycles. The fourth-order valence-electron chi connectivity index (χ4n) is 2.64. The standard InChI is InChI=1S/C15H23BrN2/c1-12(2)9-10-18(14-5-3-4-6-14)15-8-7-13(16)11-17-15/h7-8,11-12,14H,3-6,9-10H2,1-2H3. The highest BCUT2D eigenvalue weighted by Crippen LogP contribution is 2.28. The van der Waals surface area contributed by atoms with Gasteiger partial charge in [-0.3, -0.25) is 0 Å². The Kier molecular flexibility index (Phi) is 5.04. The van der Waals surface area contributed by atoms with Gasteiger partial charge in [-0.05, 0) is 53.2 Å². The minimum absolute atomic E-state index is 0.706. The first-order chi connectivity index (χ1) is 8.66. The predicted octanol–water partition coefficient (Wildman–Crippen LogP) is 4.64. The number of anilines is 1. The zero-order valence-electron chi connectivity index (χ0n) is 11.4. The van der Waals surface area contributed by atoms with Crippen molar-refractivity contribution in [1.29, 1.82) is 0 Å². The third kappa shape index (κ3) is 3.71. The summed E-state index contributed by atoms with van der Waals surface area (Å²) in [7, 11) is 0. The summed E-state index contributed by atoms with van der Waals surface area (Å²) in [5.41, 5.74) is 0. The number of hydrogen-bond donors (Lipinski definition) is 0. The van der Waals surface area contributed by atoms with E-state index in [2.05, 4.69) is 51.8 Å². The lowest BCUT2D eigenvalue weighted by molar-refractivity contribution is 0.525. The van der Waals surface area contributed by atoms with E-state index in [0.29, 0.717) is 6.04 Å². The van der Waals surface area contributed by atoms with Crippen LogP contribution in [0.25, 0.3) is 0 Å². The Bertz CT molecular complexity index is 355. The molecule has 2 nitrogen and oxygen atoms in total. The highest BCUT2D eigenvalue weighted by atomic mass is 79.9. The molecule has 1 aliphatic rings. The van der Waals surface area contributed by atoms with Gasteiger partial charge >= 0.3 is 0 Å². The SMILES string of the molecule is CC(C)CCN(c1ccc(Br)cn1)C1CCCC1. The van der Waals surface area contributed by atoms with Gasteiger partial charge in [-0.1, -0.05) is 26.7 Å². The van der Waals surface area contributed by atoms with Crippen LogP contribution < -0.4 is 4.90 Å². The Hall–Kier alpha value is -0.570. The van der Waals surface area contributed by atoms with E-state index >= 15 is 0 Å². The number of halogens is 1. The van der Waals surface area contributed by atoms with Crippen LogP contribution in [0.4, 0.5) is 5.82 Å². The molecule has 0 N–H and O–H groups in total. The van der Waals surface area contributed by atoms with Crippen LogP contribution in [-0.4, -0.2) is 17.6 Å². The van der Waals surface area contributed by atoms with Crippen molar-refractivity contribution >= 4 is 21.7 Å². The number of rotatable bonds is 5. The van der Waals surface area contributed by atoms with E-state index in [1.807, 2.05) is 6.20 Å². The summed E-state index contributed by atoms with van der Waals surface area (Å²) in [5, 5.41) is 0. The fraction of sp³-hybridized carbons (Fsp3) is 0.667. The summed E-state index contributed by atoms with van der Waals surface area (Å²) >= 11 is 3.46. The maximum absolute atomic E-state index is 4.58. The molecule has 1 fully saturated rings. The molecule has 0 bridgehead atoms. The van der Waals surface area contributed by atoms with Crippen molar-refractivity contribution in [2.45, 2.75) is 52.0 Å². The molecule has 1 aromatic heterocycles. The van der Waals surface area contributed by atoms with Crippen LogP contribution in [0, 0.1) is 5.92 Å². The van der Waals surface area contributed by atoms with E-state index in [1.165, 1.54) is 32.1 Å². The van der Waals surface area contributed by atoms with Crippen molar-refractivity contribution in [3.63, 3.8) is 0 Å². The smallest absolute Gasteiger partial charge is 0.128 e. The van der Waals surface area contributed by atoms with Crippen LogP contribution in [-0.2, 0) is 0 Å². The molecule has 18 heavy (non-hydrogen) atoms. The second-order valence-corrected chi connectivity index (χ2v) is 6.56. The van der Waals surface area contributed by atoms with Gasteiger partial charge in [-0.25, -0.2) is 4.98 Å². The average molecular weight is 311 g/mol. The molecule has 0 radical (unpaired) electrons. The summed E-state index contributed by atoms with van der Waals surface area (Å²) in [4.78, 5) is 7.11. The summed E-state index contributed by atoms with van der Waals surface area (Å²) in [6.45, 7) is 5.72. The quantitative estimate of drug-likeness (QED) is 0.787. The number of aromatic nitrogens is 1. The van der Waals surface area contributed by atoms with Crippen LogP contribution in [0.15, 0.2) is 22.8 Å². The van der Waals surface area contributed by atoms with E-state index in [1.54, 1.807) is 0 Å². The molecule has 100 valence electrons. The van der Waals surface area contributed by atoms with Crippen molar-refractivity contribution in [2.24, 2.45) is 5.92 Å². The summed E-state index contributed by atoms with van der Waals surface area (Å²) in [6.07, 6.45) is 8.56. The first kappa shape index (κ1) is 13.9. The highest BCUT2D eigenvalue weighted by molar-refractivity contribution is 9.10. The third-order valence-electron chi connectivity index (χ3n) is 3.72. The lowest BCUT2D eigenvalue weighted by atomic mass is 10.1. The largest absolute Gasteiger partial charge is 0.354 e. The van der Waals surface area contributed by atoms with Gasteiger partial charge in [-0.15, -0.1) is 0 Å². The first-order valence-electron chi connectivity index (χ1n) is 7.05. The van der Waals surface area contributed by atoms with Crippen molar-refractivity contribution in [1.82, 2.24) is 4.98 Å². The number of pyridine rings is 1. The minimum Gasteiger partial charge on any atom is -0.354 e. The van der Waals surface area contributed by atoms with Gasteiger partial charge in [0, 0.05) is 23.3 Å². The summed E-state index contributed by atoms with van der Waals surface area (Å²) in [6, 6.07) is 4.94. The topological polar surface area (TPSA) is 16.1 Å². The summed E-state index contributed by atoms with van der Waals surface area (Å²) in [5.74, 6) is 1.90. The molecule has 0 atom stereocenters. The molecule has 1 aromatic rings. The highest BCUT2D eigenvalue weighted by Gasteiger charge is 2.23.